The van der Waals surface area contributed by atoms with Gasteiger partial charge in [-0.3, -0.25) is 14.3 Å². The van der Waals surface area contributed by atoms with Crippen LogP contribution in [-0.2, 0) is 9.53 Å². The fourth-order valence-electron chi connectivity index (χ4n) is 5.82. The van der Waals surface area contributed by atoms with Crippen molar-refractivity contribution in [3.05, 3.63) is 64.0 Å². The second-order valence-corrected chi connectivity index (χ2v) is 10.4. The number of halogens is 1. The first-order valence-corrected chi connectivity index (χ1v) is 13.5. The molecule has 10 nitrogen and oxygen atoms in total. The molecule has 1 aromatic carbocycles. The number of likely N-dealkylation sites (tertiary alicyclic amines) is 2. The van der Waals surface area contributed by atoms with Gasteiger partial charge in [-0.15, -0.1) is 0 Å². The van der Waals surface area contributed by atoms with E-state index < -0.39 is 6.04 Å². The van der Waals surface area contributed by atoms with Crippen LogP contribution in [0.4, 0.5) is 9.18 Å². The Bertz CT molecular complexity index is 1400. The van der Waals surface area contributed by atoms with Crippen molar-refractivity contribution < 1.29 is 18.7 Å². The molecule has 0 aliphatic carbocycles. The SMILES string of the molecule is COCCN1C[C@H](c2cccc(C)c2F)CC[C@@H](NC(=O)N2CCC(n3c(=O)[nH]c4ncccc43)CC2)C1=O. The maximum Gasteiger partial charge on any atom is 0.327 e. The summed E-state index contributed by atoms with van der Waals surface area (Å²) >= 11 is 0. The summed E-state index contributed by atoms with van der Waals surface area (Å²) in [6, 6.07) is 7.97. The average molecular weight is 539 g/mol. The number of carbonyl (C=O) groups excluding carboxylic acids is 2. The lowest BCUT2D eigenvalue weighted by molar-refractivity contribution is -0.133. The van der Waals surface area contributed by atoms with Crippen molar-refractivity contribution in [2.45, 2.75) is 50.6 Å². The third-order valence-corrected chi connectivity index (χ3v) is 7.99. The molecule has 11 heteroatoms. The number of aromatic amines is 1. The van der Waals surface area contributed by atoms with Gasteiger partial charge in [-0.1, -0.05) is 18.2 Å². The standard InChI is InChI=1S/C28H35FN6O4/c1-18-5-3-6-21(24(18)29)19-8-9-22(26(36)34(17-19)15-16-39-2)31-27(37)33-13-10-20(11-14-33)35-23-7-4-12-30-25(23)32-28(35)38/h3-7,12,19-20,22H,8-11,13-17H2,1-2H3,(H,31,37)(H,30,32,38)/t19-,22-/m1/s1. The van der Waals surface area contributed by atoms with Gasteiger partial charge >= 0.3 is 11.7 Å². The second-order valence-electron chi connectivity index (χ2n) is 10.4. The van der Waals surface area contributed by atoms with Crippen LogP contribution in [0.25, 0.3) is 11.2 Å². The first kappa shape index (κ1) is 26.9. The predicted octanol–water partition coefficient (Wildman–Crippen LogP) is 2.94. The fourth-order valence-corrected chi connectivity index (χ4v) is 5.82. The number of amides is 3. The molecule has 0 unspecified atom stereocenters. The quantitative estimate of drug-likeness (QED) is 0.501. The number of rotatable bonds is 6. The number of aryl methyl sites for hydroxylation is 1. The smallest absolute Gasteiger partial charge is 0.327 e. The van der Waals surface area contributed by atoms with Crippen molar-refractivity contribution in [2.75, 3.05) is 39.9 Å². The fraction of sp³-hybridized carbons (Fsp3) is 0.500. The van der Waals surface area contributed by atoms with Crippen LogP contribution in [-0.4, -0.2) is 82.2 Å². The minimum absolute atomic E-state index is 0.0477. The van der Waals surface area contributed by atoms with E-state index in [4.69, 9.17) is 4.74 Å². The van der Waals surface area contributed by atoms with Gasteiger partial charge in [0.15, 0.2) is 5.65 Å². The van der Waals surface area contributed by atoms with Crippen LogP contribution < -0.4 is 11.0 Å². The van der Waals surface area contributed by atoms with E-state index in [2.05, 4.69) is 15.3 Å². The van der Waals surface area contributed by atoms with E-state index in [1.165, 1.54) is 0 Å². The maximum absolute atomic E-state index is 15.0. The summed E-state index contributed by atoms with van der Waals surface area (Å²) in [6.07, 6.45) is 3.85. The number of methoxy groups -OCH3 is 1. The number of urea groups is 1. The first-order chi connectivity index (χ1) is 18.9. The number of ether oxygens (including phenoxy) is 1. The zero-order chi connectivity index (χ0) is 27.5. The number of carbonyl (C=O) groups is 2. The molecular formula is C28H35FN6O4. The molecule has 0 bridgehead atoms. The molecule has 2 saturated heterocycles. The molecule has 2 atom stereocenters. The summed E-state index contributed by atoms with van der Waals surface area (Å²) in [7, 11) is 1.57. The maximum atomic E-state index is 15.0. The van der Waals surface area contributed by atoms with Crippen molar-refractivity contribution in [1.29, 1.82) is 0 Å². The van der Waals surface area contributed by atoms with Gasteiger partial charge in [-0.05, 0) is 55.9 Å². The highest BCUT2D eigenvalue weighted by Gasteiger charge is 2.35. The lowest BCUT2D eigenvalue weighted by Gasteiger charge is -2.34. The number of H-pyrrole nitrogens is 1. The van der Waals surface area contributed by atoms with Gasteiger partial charge in [0.2, 0.25) is 5.91 Å². The number of pyridine rings is 1. The number of aromatic nitrogens is 3. The van der Waals surface area contributed by atoms with Gasteiger partial charge in [-0.25, -0.2) is 19.0 Å². The summed E-state index contributed by atoms with van der Waals surface area (Å²) < 4.78 is 21.9. The Morgan fingerprint density at radius 1 is 1.15 bits per heavy atom. The summed E-state index contributed by atoms with van der Waals surface area (Å²) in [4.78, 5) is 49.7. The monoisotopic (exact) mass is 538 g/mol. The molecule has 4 heterocycles. The van der Waals surface area contributed by atoms with Gasteiger partial charge in [-0.2, -0.15) is 0 Å². The van der Waals surface area contributed by atoms with Gasteiger partial charge in [0, 0.05) is 51.4 Å². The number of piperidine rings is 1. The number of imidazole rings is 1. The van der Waals surface area contributed by atoms with Crippen LogP contribution in [0.3, 0.4) is 0 Å². The zero-order valence-corrected chi connectivity index (χ0v) is 22.4. The van der Waals surface area contributed by atoms with Crippen LogP contribution in [0.5, 0.6) is 0 Å². The molecule has 2 N–H and O–H groups in total. The summed E-state index contributed by atoms with van der Waals surface area (Å²) in [5.74, 6) is -0.590. The van der Waals surface area contributed by atoms with Gasteiger partial charge in [0.1, 0.15) is 11.9 Å². The van der Waals surface area contributed by atoms with Gasteiger partial charge in [0.05, 0.1) is 12.1 Å². The molecule has 0 saturated carbocycles. The largest absolute Gasteiger partial charge is 0.383 e. The lowest BCUT2D eigenvalue weighted by Crippen LogP contribution is -2.53. The van der Waals surface area contributed by atoms with Gasteiger partial charge < -0.3 is 19.9 Å². The molecule has 208 valence electrons. The van der Waals surface area contributed by atoms with E-state index >= 15 is 0 Å². The predicted molar refractivity (Wildman–Crippen MR) is 144 cm³/mol. The highest BCUT2D eigenvalue weighted by Crippen LogP contribution is 2.30. The Labute approximate surface area is 226 Å². The summed E-state index contributed by atoms with van der Waals surface area (Å²) in [5.41, 5.74) is 2.28. The van der Waals surface area contributed by atoms with Crippen LogP contribution in [0.2, 0.25) is 0 Å². The number of nitrogens with zero attached hydrogens (tertiary/aromatic N) is 4. The second kappa shape index (κ2) is 11.6. The molecule has 2 aliphatic heterocycles. The molecule has 2 aliphatic rings. The van der Waals surface area contributed by atoms with Gasteiger partial charge in [0.25, 0.3) is 0 Å². The molecule has 2 aromatic heterocycles. The van der Waals surface area contributed by atoms with Crippen LogP contribution in [0.15, 0.2) is 41.3 Å². The third kappa shape index (κ3) is 5.54. The van der Waals surface area contributed by atoms with E-state index in [9.17, 15) is 18.8 Å². The highest BCUT2D eigenvalue weighted by molar-refractivity contribution is 5.87. The molecule has 3 amide bonds. The Hall–Kier alpha value is -3.73. The highest BCUT2D eigenvalue weighted by atomic mass is 19.1. The first-order valence-electron chi connectivity index (χ1n) is 13.5. The Morgan fingerprint density at radius 2 is 1.95 bits per heavy atom. The lowest BCUT2D eigenvalue weighted by atomic mass is 9.92. The third-order valence-electron chi connectivity index (χ3n) is 7.99. The molecule has 0 radical (unpaired) electrons. The Balaban J connectivity index is 1.25. The average Bonchev–Trinajstić information content (AvgIpc) is 3.20. The van der Waals surface area contributed by atoms with Crippen molar-refractivity contribution in [3.63, 3.8) is 0 Å². The van der Waals surface area contributed by atoms with Crippen LogP contribution in [0, 0.1) is 12.7 Å². The van der Waals surface area contributed by atoms with E-state index in [-0.39, 0.29) is 35.4 Å². The van der Waals surface area contributed by atoms with Crippen LogP contribution >= 0.6 is 0 Å². The Morgan fingerprint density at radius 3 is 2.72 bits per heavy atom. The Kier molecular flexibility index (Phi) is 7.97. The van der Waals surface area contributed by atoms with Crippen molar-refractivity contribution in [3.8, 4) is 0 Å². The number of hydrogen-bond acceptors (Lipinski definition) is 5. The normalized spacial score (nSPS) is 20.8. The number of hydrogen-bond donors (Lipinski definition) is 2. The molecular weight excluding hydrogens is 503 g/mol. The van der Waals surface area contributed by atoms with Crippen molar-refractivity contribution >= 4 is 23.1 Å². The minimum atomic E-state index is -0.702. The number of fused-ring (bicyclic) bond motifs is 1. The topological polar surface area (TPSA) is 113 Å². The van der Waals surface area contributed by atoms with Crippen molar-refractivity contribution in [2.24, 2.45) is 0 Å². The zero-order valence-electron chi connectivity index (χ0n) is 22.4. The van der Waals surface area contributed by atoms with E-state index in [0.717, 1.165) is 5.52 Å². The molecule has 39 heavy (non-hydrogen) atoms. The number of benzene rings is 1. The van der Waals surface area contributed by atoms with Crippen molar-refractivity contribution in [1.82, 2.24) is 29.7 Å². The minimum Gasteiger partial charge on any atom is -0.383 e. The van der Waals surface area contributed by atoms with E-state index in [1.54, 1.807) is 52.8 Å². The summed E-state index contributed by atoms with van der Waals surface area (Å²) in [5, 5.41) is 2.95. The molecule has 3 aromatic rings. The van der Waals surface area contributed by atoms with E-state index in [0.29, 0.717) is 75.2 Å². The van der Waals surface area contributed by atoms with Crippen LogP contribution in [0.1, 0.15) is 48.8 Å². The molecule has 2 fully saturated rings. The summed E-state index contributed by atoms with van der Waals surface area (Å²) in [6.45, 7) is 3.75. The van der Waals surface area contributed by atoms with E-state index in [1.807, 2.05) is 12.1 Å². The molecule has 0 spiro atoms. The number of nitrogens with one attached hydrogen (secondary N) is 2. The molecule has 5 rings (SSSR count).